The number of hydrogen-bond acceptors (Lipinski definition) is 1. The fourth-order valence-corrected chi connectivity index (χ4v) is 2.21. The van der Waals surface area contributed by atoms with Gasteiger partial charge in [-0.15, -0.1) is 0 Å². The van der Waals surface area contributed by atoms with Gasteiger partial charge in [0.1, 0.15) is 0 Å². The molecule has 2 heterocycles. The lowest BCUT2D eigenvalue weighted by molar-refractivity contribution is 0.908. The summed E-state index contributed by atoms with van der Waals surface area (Å²) in [6, 6.07) is 0. The van der Waals surface area contributed by atoms with Crippen molar-refractivity contribution in [3.63, 3.8) is 0 Å². The van der Waals surface area contributed by atoms with Crippen molar-refractivity contribution < 1.29 is 0 Å². The molecule has 0 saturated heterocycles. The average Bonchev–Trinajstić information content (AvgIpc) is 2.56. The van der Waals surface area contributed by atoms with E-state index in [1.807, 2.05) is 6.21 Å². The summed E-state index contributed by atoms with van der Waals surface area (Å²) in [6.45, 7) is 0.959. The van der Waals surface area contributed by atoms with Crippen molar-refractivity contribution in [1.29, 1.82) is 0 Å². The van der Waals surface area contributed by atoms with Gasteiger partial charge in [-0.3, -0.25) is 4.99 Å². The van der Waals surface area contributed by atoms with Crippen LogP contribution >= 0.6 is 0 Å². The Bertz CT molecular complexity index is 360. The number of aromatic amines is 1. The molecule has 0 amide bonds. The molecule has 0 atom stereocenters. The summed E-state index contributed by atoms with van der Waals surface area (Å²) >= 11 is 0. The van der Waals surface area contributed by atoms with Gasteiger partial charge >= 0.3 is 0 Å². The lowest BCUT2D eigenvalue weighted by atomic mass is 9.97. The van der Waals surface area contributed by atoms with Gasteiger partial charge in [0.05, 0.1) is 5.69 Å². The van der Waals surface area contributed by atoms with Crippen molar-refractivity contribution in [2.75, 3.05) is 6.54 Å². The van der Waals surface area contributed by atoms with Gasteiger partial charge in [0.2, 0.25) is 0 Å². The molecular formula is C11H12N2. The number of allylic oxidation sites excluding steroid dienone is 1. The highest BCUT2D eigenvalue weighted by molar-refractivity contribution is 5.83. The number of fused-ring (bicyclic) bond motifs is 3. The van der Waals surface area contributed by atoms with Crippen molar-refractivity contribution in [1.82, 2.24) is 4.98 Å². The Morgan fingerprint density at radius 3 is 3.08 bits per heavy atom. The van der Waals surface area contributed by atoms with Crippen LogP contribution in [0.15, 0.2) is 11.1 Å². The molecule has 0 saturated carbocycles. The number of rotatable bonds is 0. The van der Waals surface area contributed by atoms with Crippen LogP contribution in [0.5, 0.6) is 0 Å². The first kappa shape index (κ1) is 7.13. The smallest absolute Gasteiger partial charge is 0.0602 e. The predicted molar refractivity (Wildman–Crippen MR) is 54.3 cm³/mol. The zero-order valence-corrected chi connectivity index (χ0v) is 7.51. The van der Waals surface area contributed by atoms with Crippen LogP contribution in [0.4, 0.5) is 0 Å². The van der Waals surface area contributed by atoms with E-state index in [1.165, 1.54) is 35.4 Å². The van der Waals surface area contributed by atoms with Crippen LogP contribution in [-0.2, 0) is 12.8 Å². The van der Waals surface area contributed by atoms with Crippen LogP contribution in [0.2, 0.25) is 0 Å². The summed E-state index contributed by atoms with van der Waals surface area (Å²) in [5.74, 6) is 0. The molecule has 3 rings (SSSR count). The molecule has 0 radical (unpaired) electrons. The summed E-state index contributed by atoms with van der Waals surface area (Å²) in [5, 5.41) is 0. The number of aromatic nitrogens is 1. The number of aliphatic imine (C=N–C) groups is 1. The first-order valence-corrected chi connectivity index (χ1v) is 4.85. The molecule has 0 unspecified atom stereocenters. The molecule has 1 N–H and O–H groups in total. The zero-order chi connectivity index (χ0) is 8.67. The largest absolute Gasteiger partial charge is 0.354 e. The molecule has 66 valence electrons. The lowest BCUT2D eigenvalue weighted by Crippen LogP contribution is -2.03. The maximum absolute atomic E-state index is 4.28. The molecule has 2 heteroatoms. The van der Waals surface area contributed by atoms with E-state index in [9.17, 15) is 0 Å². The molecule has 1 aliphatic heterocycles. The van der Waals surface area contributed by atoms with Crippen molar-refractivity contribution >= 4 is 12.3 Å². The van der Waals surface area contributed by atoms with Gasteiger partial charge in [-0.1, -0.05) is 6.08 Å². The Morgan fingerprint density at radius 2 is 2.08 bits per heavy atom. The monoisotopic (exact) mass is 172 g/mol. The van der Waals surface area contributed by atoms with E-state index in [2.05, 4.69) is 22.1 Å². The van der Waals surface area contributed by atoms with Gasteiger partial charge in [-0.05, 0) is 36.5 Å². The molecule has 2 nitrogen and oxygen atoms in total. The quantitative estimate of drug-likeness (QED) is 0.619. The molecular weight excluding hydrogens is 160 g/mol. The van der Waals surface area contributed by atoms with Crippen LogP contribution in [0.25, 0.3) is 6.08 Å². The minimum absolute atomic E-state index is 0.959. The van der Waals surface area contributed by atoms with Gasteiger partial charge in [0, 0.05) is 18.5 Å². The Kier molecular flexibility index (Phi) is 1.42. The summed E-state index contributed by atoms with van der Waals surface area (Å²) in [5.41, 5.74) is 5.59. The Labute approximate surface area is 77.4 Å². The van der Waals surface area contributed by atoms with Gasteiger partial charge < -0.3 is 4.98 Å². The van der Waals surface area contributed by atoms with Crippen LogP contribution in [0, 0.1) is 0 Å². The van der Waals surface area contributed by atoms with E-state index in [-0.39, 0.29) is 0 Å². The average molecular weight is 172 g/mol. The van der Waals surface area contributed by atoms with E-state index >= 15 is 0 Å². The van der Waals surface area contributed by atoms with Crippen LogP contribution < -0.4 is 0 Å². The molecule has 1 aliphatic carbocycles. The zero-order valence-electron chi connectivity index (χ0n) is 7.51. The Hall–Kier alpha value is -1.31. The molecule has 0 aromatic carbocycles. The highest BCUT2D eigenvalue weighted by Gasteiger charge is 2.17. The topological polar surface area (TPSA) is 28.1 Å². The lowest BCUT2D eigenvalue weighted by Gasteiger charge is -2.09. The van der Waals surface area contributed by atoms with E-state index in [0.717, 1.165) is 13.0 Å². The Morgan fingerprint density at radius 1 is 1.15 bits per heavy atom. The molecule has 2 aliphatic rings. The summed E-state index contributed by atoms with van der Waals surface area (Å²) in [4.78, 5) is 7.70. The molecule has 1 aromatic heterocycles. The first-order chi connectivity index (χ1) is 6.45. The van der Waals surface area contributed by atoms with Crippen LogP contribution in [0.3, 0.4) is 0 Å². The highest BCUT2D eigenvalue weighted by Crippen LogP contribution is 2.26. The fourth-order valence-electron chi connectivity index (χ4n) is 2.21. The molecule has 0 spiro atoms. The maximum Gasteiger partial charge on any atom is 0.0602 e. The normalized spacial score (nSPS) is 18.5. The van der Waals surface area contributed by atoms with Gasteiger partial charge in [0.25, 0.3) is 0 Å². The molecule has 1 aromatic rings. The van der Waals surface area contributed by atoms with E-state index in [4.69, 9.17) is 0 Å². The van der Waals surface area contributed by atoms with Gasteiger partial charge in [-0.25, -0.2) is 0 Å². The SMILES string of the molecule is C1=Cc2[nH]c3c(c2CC1)CCN=C3. The fraction of sp³-hybridized carbons (Fsp3) is 0.364. The third-order valence-electron chi connectivity index (χ3n) is 2.84. The van der Waals surface area contributed by atoms with Crippen molar-refractivity contribution in [2.24, 2.45) is 4.99 Å². The van der Waals surface area contributed by atoms with Crippen molar-refractivity contribution in [3.8, 4) is 0 Å². The van der Waals surface area contributed by atoms with Crippen molar-refractivity contribution in [3.05, 3.63) is 28.6 Å². The van der Waals surface area contributed by atoms with Gasteiger partial charge in [0.15, 0.2) is 0 Å². The summed E-state index contributed by atoms with van der Waals surface area (Å²) in [6.07, 6.45) is 9.92. The second-order valence-corrected chi connectivity index (χ2v) is 3.64. The summed E-state index contributed by atoms with van der Waals surface area (Å²) < 4.78 is 0. The number of nitrogens with one attached hydrogen (secondary N) is 1. The third-order valence-corrected chi connectivity index (χ3v) is 2.84. The molecule has 0 fully saturated rings. The van der Waals surface area contributed by atoms with Crippen LogP contribution in [-0.4, -0.2) is 17.7 Å². The predicted octanol–water partition coefficient (Wildman–Crippen LogP) is 1.95. The second kappa shape index (κ2) is 2.59. The Balaban J connectivity index is 2.22. The first-order valence-electron chi connectivity index (χ1n) is 4.85. The third kappa shape index (κ3) is 0.981. The van der Waals surface area contributed by atoms with Gasteiger partial charge in [-0.2, -0.15) is 0 Å². The minimum Gasteiger partial charge on any atom is -0.354 e. The van der Waals surface area contributed by atoms with E-state index in [1.54, 1.807) is 0 Å². The highest BCUT2D eigenvalue weighted by atomic mass is 14.8. The van der Waals surface area contributed by atoms with E-state index < -0.39 is 0 Å². The summed E-state index contributed by atoms with van der Waals surface area (Å²) in [7, 11) is 0. The minimum atomic E-state index is 0.959. The maximum atomic E-state index is 4.28. The second-order valence-electron chi connectivity index (χ2n) is 3.64. The molecule has 13 heavy (non-hydrogen) atoms. The number of nitrogens with zero attached hydrogens (tertiary/aromatic N) is 1. The molecule has 0 bridgehead atoms. The number of hydrogen-bond donors (Lipinski definition) is 1. The van der Waals surface area contributed by atoms with Crippen LogP contribution in [0.1, 0.15) is 28.9 Å². The van der Waals surface area contributed by atoms with E-state index in [0.29, 0.717) is 0 Å². The number of H-pyrrole nitrogens is 1. The standard InChI is InChI=1S/C11H12N2/c1-2-4-10-8(3-1)9-5-6-12-7-11(9)13-10/h2,4,7,13H,1,3,5-6H2. The van der Waals surface area contributed by atoms with Crippen molar-refractivity contribution in [2.45, 2.75) is 19.3 Å².